The number of para-hydroxylation sites is 2. The van der Waals surface area contributed by atoms with Crippen LogP contribution in [-0.4, -0.2) is 27.9 Å². The van der Waals surface area contributed by atoms with Crippen molar-refractivity contribution in [3.05, 3.63) is 45.2 Å². The van der Waals surface area contributed by atoms with Gasteiger partial charge >= 0.3 is 11.4 Å². The van der Waals surface area contributed by atoms with Crippen molar-refractivity contribution in [1.82, 2.24) is 14.8 Å². The van der Waals surface area contributed by atoms with Crippen LogP contribution in [0.2, 0.25) is 0 Å². The van der Waals surface area contributed by atoms with E-state index in [0.29, 0.717) is 24.6 Å². The summed E-state index contributed by atoms with van der Waals surface area (Å²) in [6.07, 6.45) is 0. The van der Waals surface area contributed by atoms with Gasteiger partial charge in [-0.25, -0.2) is 24.4 Å². The molecule has 0 aliphatic carbocycles. The van der Waals surface area contributed by atoms with Crippen molar-refractivity contribution in [3.8, 4) is 11.4 Å². The van der Waals surface area contributed by atoms with E-state index in [1.165, 1.54) is 0 Å². The summed E-state index contributed by atoms with van der Waals surface area (Å²) in [4.78, 5) is 22.9. The van der Waals surface area contributed by atoms with Crippen LogP contribution in [0, 0.1) is 0 Å². The molecule has 17 heavy (non-hydrogen) atoms. The molecule has 4 N–H and O–H groups in total. The molecule has 0 unspecified atom stereocenters. The minimum absolute atomic E-state index is 0.314. The highest BCUT2D eigenvalue weighted by Gasteiger charge is 2.10. The maximum absolute atomic E-state index is 11.5. The monoisotopic (exact) mass is 236 g/mol. The van der Waals surface area contributed by atoms with Gasteiger partial charge in [-0.2, -0.15) is 0 Å². The molecule has 7 heteroatoms. The Balaban J connectivity index is 2.52. The summed E-state index contributed by atoms with van der Waals surface area (Å²) in [5.74, 6) is 0.435. The van der Waals surface area contributed by atoms with Gasteiger partial charge in [-0.1, -0.05) is 12.1 Å². The Hall–Kier alpha value is -2.28. The zero-order valence-corrected chi connectivity index (χ0v) is 8.97. The standard InChI is InChI=1S/C10H12N4O3/c11-5-6-17-8-4-2-1-3-7(8)14-9(15)12-13-10(14)16/h1-4H,5-6,11H2,(H,12,15)(H,13,16). The fraction of sp³-hybridized carbons (Fsp3) is 0.200. The number of ether oxygens (including phenoxy) is 1. The third-order valence-corrected chi connectivity index (χ3v) is 2.16. The smallest absolute Gasteiger partial charge is 0.349 e. The number of hydrogen-bond donors (Lipinski definition) is 3. The Morgan fingerprint density at radius 2 is 1.82 bits per heavy atom. The summed E-state index contributed by atoms with van der Waals surface area (Å²) >= 11 is 0. The lowest BCUT2D eigenvalue weighted by atomic mass is 10.3. The molecule has 0 spiro atoms. The van der Waals surface area contributed by atoms with E-state index in [1.807, 2.05) is 0 Å². The molecule has 0 aliphatic heterocycles. The molecular formula is C10H12N4O3. The molecule has 1 aromatic carbocycles. The Kier molecular flexibility index (Phi) is 3.10. The molecule has 0 radical (unpaired) electrons. The van der Waals surface area contributed by atoms with Gasteiger partial charge in [0.1, 0.15) is 12.4 Å². The number of rotatable bonds is 4. The van der Waals surface area contributed by atoms with Crippen molar-refractivity contribution < 1.29 is 4.74 Å². The third-order valence-electron chi connectivity index (χ3n) is 2.16. The second-order valence-electron chi connectivity index (χ2n) is 3.30. The van der Waals surface area contributed by atoms with Crippen molar-refractivity contribution in [2.24, 2.45) is 5.73 Å². The van der Waals surface area contributed by atoms with E-state index >= 15 is 0 Å². The number of aromatic amines is 2. The van der Waals surface area contributed by atoms with Crippen LogP contribution < -0.4 is 21.9 Å². The van der Waals surface area contributed by atoms with Crippen molar-refractivity contribution >= 4 is 0 Å². The summed E-state index contributed by atoms with van der Waals surface area (Å²) < 4.78 is 6.33. The summed E-state index contributed by atoms with van der Waals surface area (Å²) in [7, 11) is 0. The molecule has 2 aromatic rings. The molecule has 90 valence electrons. The van der Waals surface area contributed by atoms with E-state index < -0.39 is 11.4 Å². The molecule has 0 fully saturated rings. The number of H-pyrrole nitrogens is 2. The maximum atomic E-state index is 11.5. The van der Waals surface area contributed by atoms with Crippen molar-refractivity contribution in [3.63, 3.8) is 0 Å². The van der Waals surface area contributed by atoms with Crippen LogP contribution in [0.4, 0.5) is 0 Å². The zero-order chi connectivity index (χ0) is 12.3. The van der Waals surface area contributed by atoms with Gasteiger partial charge in [-0.15, -0.1) is 0 Å². The van der Waals surface area contributed by atoms with E-state index in [0.717, 1.165) is 4.57 Å². The van der Waals surface area contributed by atoms with Crippen molar-refractivity contribution in [1.29, 1.82) is 0 Å². The van der Waals surface area contributed by atoms with Gasteiger partial charge in [-0.3, -0.25) is 0 Å². The number of nitrogens with one attached hydrogen (secondary N) is 2. The molecule has 2 rings (SSSR count). The van der Waals surface area contributed by atoms with Crippen LogP contribution in [0.15, 0.2) is 33.9 Å². The topological polar surface area (TPSA) is 106 Å². The van der Waals surface area contributed by atoms with E-state index in [4.69, 9.17) is 10.5 Å². The zero-order valence-electron chi connectivity index (χ0n) is 8.97. The number of aromatic nitrogens is 3. The molecule has 0 aliphatic rings. The van der Waals surface area contributed by atoms with Crippen LogP contribution in [0.3, 0.4) is 0 Å². The summed E-state index contributed by atoms with van der Waals surface area (Å²) in [6, 6.07) is 6.75. The third kappa shape index (κ3) is 2.13. The van der Waals surface area contributed by atoms with Gasteiger partial charge in [0, 0.05) is 6.54 Å². The first kappa shape index (κ1) is 11.2. The first-order chi connectivity index (χ1) is 8.24. The average molecular weight is 236 g/mol. The van der Waals surface area contributed by atoms with E-state index in [2.05, 4.69) is 10.2 Å². The fourth-order valence-corrected chi connectivity index (χ4v) is 1.46. The van der Waals surface area contributed by atoms with Gasteiger partial charge in [0.25, 0.3) is 0 Å². The molecule has 0 saturated carbocycles. The lowest BCUT2D eigenvalue weighted by molar-refractivity contribution is 0.327. The van der Waals surface area contributed by atoms with Crippen LogP contribution in [0.1, 0.15) is 0 Å². The van der Waals surface area contributed by atoms with Crippen LogP contribution in [0.25, 0.3) is 5.69 Å². The molecule has 7 nitrogen and oxygen atoms in total. The molecule has 1 aromatic heterocycles. The predicted octanol–water partition coefficient (Wildman–Crippen LogP) is -0.809. The van der Waals surface area contributed by atoms with Gasteiger partial charge in [0.15, 0.2) is 0 Å². The highest BCUT2D eigenvalue weighted by molar-refractivity contribution is 5.46. The second kappa shape index (κ2) is 4.71. The second-order valence-corrected chi connectivity index (χ2v) is 3.30. The van der Waals surface area contributed by atoms with Crippen LogP contribution in [-0.2, 0) is 0 Å². The SMILES string of the molecule is NCCOc1ccccc1-n1c(=O)[nH][nH]c1=O. The van der Waals surface area contributed by atoms with E-state index in [-0.39, 0.29) is 0 Å². The summed E-state index contributed by atoms with van der Waals surface area (Å²) in [5, 5.41) is 4.42. The first-order valence-electron chi connectivity index (χ1n) is 5.06. The van der Waals surface area contributed by atoms with Crippen molar-refractivity contribution in [2.75, 3.05) is 13.2 Å². The fourth-order valence-electron chi connectivity index (χ4n) is 1.46. The Bertz CT molecular complexity index is 583. The predicted molar refractivity (Wildman–Crippen MR) is 61.6 cm³/mol. The van der Waals surface area contributed by atoms with Crippen LogP contribution >= 0.6 is 0 Å². The molecule has 0 amide bonds. The largest absolute Gasteiger partial charge is 0.490 e. The minimum atomic E-state index is -0.543. The van der Waals surface area contributed by atoms with Gasteiger partial charge in [-0.05, 0) is 12.1 Å². The lowest BCUT2D eigenvalue weighted by Gasteiger charge is -2.09. The van der Waals surface area contributed by atoms with Crippen LogP contribution in [0.5, 0.6) is 5.75 Å². The maximum Gasteiger partial charge on any atom is 0.349 e. The number of hydrogen-bond acceptors (Lipinski definition) is 4. The van der Waals surface area contributed by atoms with E-state index in [9.17, 15) is 9.59 Å². The number of nitrogens with two attached hydrogens (primary N) is 1. The molecule has 0 saturated heterocycles. The minimum Gasteiger partial charge on any atom is -0.490 e. The van der Waals surface area contributed by atoms with Gasteiger partial charge < -0.3 is 10.5 Å². The van der Waals surface area contributed by atoms with Gasteiger partial charge in [0.2, 0.25) is 0 Å². The average Bonchev–Trinajstić information content (AvgIpc) is 2.67. The quantitative estimate of drug-likeness (QED) is 0.645. The molecular weight excluding hydrogens is 224 g/mol. The molecule has 1 heterocycles. The normalized spacial score (nSPS) is 10.4. The van der Waals surface area contributed by atoms with Crippen molar-refractivity contribution in [2.45, 2.75) is 0 Å². The number of nitrogens with zero attached hydrogens (tertiary/aromatic N) is 1. The highest BCUT2D eigenvalue weighted by Crippen LogP contribution is 2.19. The Labute approximate surface area is 95.8 Å². The van der Waals surface area contributed by atoms with Gasteiger partial charge in [0.05, 0.1) is 5.69 Å². The summed E-state index contributed by atoms with van der Waals surface area (Å²) in [5.41, 5.74) is 4.63. The van der Waals surface area contributed by atoms with E-state index in [1.54, 1.807) is 24.3 Å². The lowest BCUT2D eigenvalue weighted by Crippen LogP contribution is -2.25. The highest BCUT2D eigenvalue weighted by atomic mass is 16.5. The number of benzene rings is 1. The Morgan fingerprint density at radius 1 is 1.18 bits per heavy atom. The molecule has 0 bridgehead atoms. The molecule has 0 atom stereocenters. The summed E-state index contributed by atoms with van der Waals surface area (Å²) in [6.45, 7) is 0.667. The Morgan fingerprint density at radius 3 is 2.47 bits per heavy atom. The first-order valence-corrected chi connectivity index (χ1v) is 5.06.